The molecule has 0 aliphatic carbocycles. The van der Waals surface area contributed by atoms with Gasteiger partial charge in [-0.2, -0.15) is 18.3 Å². The van der Waals surface area contributed by atoms with Crippen LogP contribution in [0.1, 0.15) is 23.8 Å². The van der Waals surface area contributed by atoms with Crippen molar-refractivity contribution in [3.05, 3.63) is 30.1 Å². The summed E-state index contributed by atoms with van der Waals surface area (Å²) in [6.45, 7) is 2.46. The van der Waals surface area contributed by atoms with Gasteiger partial charge < -0.3 is 0 Å². The van der Waals surface area contributed by atoms with Gasteiger partial charge in [0.1, 0.15) is 5.69 Å². The smallest absolute Gasteiger partial charge is 0.287 e. The second kappa shape index (κ2) is 4.96. The third-order valence-electron chi connectivity index (χ3n) is 1.84. The summed E-state index contributed by atoms with van der Waals surface area (Å²) in [6, 6.07) is 1.48. The lowest BCUT2D eigenvalue weighted by Gasteiger charge is -1.99. The Morgan fingerprint density at radius 2 is 2.25 bits per heavy atom. The zero-order valence-corrected chi connectivity index (χ0v) is 8.66. The molecule has 88 valence electrons. The highest BCUT2D eigenvalue weighted by Gasteiger charge is 2.24. The van der Waals surface area contributed by atoms with E-state index in [0.29, 0.717) is 6.54 Å². The Bertz CT molecular complexity index is 393. The van der Waals surface area contributed by atoms with Crippen LogP contribution in [0.15, 0.2) is 24.4 Å². The van der Waals surface area contributed by atoms with Crippen molar-refractivity contribution in [3.63, 3.8) is 0 Å². The molecule has 1 heterocycles. The van der Waals surface area contributed by atoms with Gasteiger partial charge in [-0.25, -0.2) is 0 Å². The van der Waals surface area contributed by atoms with E-state index in [0.717, 1.165) is 12.2 Å². The number of carbonyl (C=O) groups excluding carboxylic acids is 1. The Morgan fingerprint density at radius 3 is 2.75 bits per heavy atom. The van der Waals surface area contributed by atoms with E-state index in [2.05, 4.69) is 5.10 Å². The molecule has 0 unspecified atom stereocenters. The van der Waals surface area contributed by atoms with E-state index in [4.69, 9.17) is 0 Å². The first kappa shape index (κ1) is 12.5. The van der Waals surface area contributed by atoms with Crippen molar-refractivity contribution in [2.75, 3.05) is 0 Å². The van der Waals surface area contributed by atoms with E-state index < -0.39 is 18.4 Å². The van der Waals surface area contributed by atoms with Crippen LogP contribution in [-0.2, 0) is 6.54 Å². The molecule has 0 fully saturated rings. The summed E-state index contributed by atoms with van der Waals surface area (Å²) in [6.07, 6.45) is -2.08. The monoisotopic (exact) mass is 232 g/mol. The minimum absolute atomic E-state index is 0.153. The number of aromatic nitrogens is 2. The first-order valence-corrected chi connectivity index (χ1v) is 4.73. The lowest BCUT2D eigenvalue weighted by molar-refractivity contribution is -0.125. The van der Waals surface area contributed by atoms with Gasteiger partial charge in [0, 0.05) is 12.7 Å². The highest BCUT2D eigenvalue weighted by Crippen LogP contribution is 2.19. The molecule has 0 atom stereocenters. The molecule has 0 radical (unpaired) electrons. The van der Waals surface area contributed by atoms with E-state index >= 15 is 0 Å². The predicted octanol–water partition coefficient (Wildman–Crippen LogP) is 2.59. The summed E-state index contributed by atoms with van der Waals surface area (Å²) < 4.78 is 36.9. The Hall–Kier alpha value is -1.59. The summed E-state index contributed by atoms with van der Waals surface area (Å²) in [5.74, 6) is -0.517. The molecule has 3 nitrogen and oxygen atoms in total. The van der Waals surface area contributed by atoms with Gasteiger partial charge in [-0.15, -0.1) is 0 Å². The molecule has 0 amide bonds. The van der Waals surface area contributed by atoms with Crippen molar-refractivity contribution in [3.8, 4) is 0 Å². The van der Waals surface area contributed by atoms with E-state index in [1.54, 1.807) is 6.20 Å². The summed E-state index contributed by atoms with van der Waals surface area (Å²) in [5, 5.41) is 3.88. The molecule has 1 aromatic rings. The van der Waals surface area contributed by atoms with Gasteiger partial charge in [-0.3, -0.25) is 9.48 Å². The lowest BCUT2D eigenvalue weighted by Crippen LogP contribution is -2.05. The molecular weight excluding hydrogens is 221 g/mol. The van der Waals surface area contributed by atoms with E-state index in [-0.39, 0.29) is 5.69 Å². The number of alkyl halides is 3. The third-order valence-corrected chi connectivity index (χ3v) is 1.84. The van der Waals surface area contributed by atoms with Crippen molar-refractivity contribution in [1.82, 2.24) is 9.78 Å². The maximum atomic E-state index is 11.8. The van der Waals surface area contributed by atoms with Crippen LogP contribution in [0.5, 0.6) is 0 Å². The molecule has 1 aromatic heterocycles. The van der Waals surface area contributed by atoms with Crippen molar-refractivity contribution in [1.29, 1.82) is 0 Å². The fourth-order valence-corrected chi connectivity index (χ4v) is 1.05. The van der Waals surface area contributed by atoms with Crippen molar-refractivity contribution in [2.45, 2.75) is 26.1 Å². The highest BCUT2D eigenvalue weighted by atomic mass is 19.4. The Balaban J connectivity index is 2.59. The van der Waals surface area contributed by atoms with Crippen LogP contribution in [0.4, 0.5) is 13.2 Å². The average molecular weight is 232 g/mol. The Morgan fingerprint density at radius 1 is 1.56 bits per heavy atom. The van der Waals surface area contributed by atoms with Gasteiger partial charge >= 0.3 is 6.18 Å². The number of halogens is 3. The van der Waals surface area contributed by atoms with E-state index in [9.17, 15) is 18.0 Å². The third kappa shape index (κ3) is 3.88. The van der Waals surface area contributed by atoms with Crippen LogP contribution in [0.25, 0.3) is 0 Å². The van der Waals surface area contributed by atoms with E-state index in [1.807, 2.05) is 6.92 Å². The van der Waals surface area contributed by atoms with Crippen molar-refractivity contribution in [2.24, 2.45) is 0 Å². The number of carbonyl (C=O) groups is 1. The maximum Gasteiger partial charge on any atom is 0.392 e. The molecule has 1 rings (SSSR count). The number of rotatable bonds is 4. The minimum Gasteiger partial charge on any atom is -0.287 e. The Labute approximate surface area is 90.6 Å². The minimum atomic E-state index is -4.28. The molecule has 6 heteroatoms. The van der Waals surface area contributed by atoms with Crippen molar-refractivity contribution >= 4 is 5.78 Å². The molecule has 0 spiro atoms. The molecule has 0 aliphatic rings. The van der Waals surface area contributed by atoms with Gasteiger partial charge in [0.05, 0.1) is 6.42 Å². The first-order valence-electron chi connectivity index (χ1n) is 4.73. The maximum absolute atomic E-state index is 11.8. The predicted molar refractivity (Wildman–Crippen MR) is 52.0 cm³/mol. The molecule has 0 bridgehead atoms. The van der Waals surface area contributed by atoms with Gasteiger partial charge in [-0.05, 0) is 19.1 Å². The van der Waals surface area contributed by atoms with Crippen LogP contribution in [0.2, 0.25) is 0 Å². The van der Waals surface area contributed by atoms with E-state index in [1.165, 1.54) is 10.7 Å². The van der Waals surface area contributed by atoms with Gasteiger partial charge in [0.2, 0.25) is 5.78 Å². The SMILES string of the molecule is CCn1ccc(C(=O)/C=C/CC(F)(F)F)n1. The number of allylic oxidation sites excluding steroid dienone is 2. The summed E-state index contributed by atoms with van der Waals surface area (Å²) in [5.41, 5.74) is 0.153. The average Bonchev–Trinajstić information content (AvgIpc) is 2.63. The van der Waals surface area contributed by atoms with Gasteiger partial charge in [0.15, 0.2) is 0 Å². The van der Waals surface area contributed by atoms with Crippen LogP contribution in [0, 0.1) is 0 Å². The number of aryl methyl sites for hydroxylation is 1. The molecule has 0 saturated heterocycles. The zero-order chi connectivity index (χ0) is 12.2. The first-order chi connectivity index (χ1) is 7.42. The van der Waals surface area contributed by atoms with Crippen LogP contribution >= 0.6 is 0 Å². The van der Waals surface area contributed by atoms with Crippen molar-refractivity contribution < 1.29 is 18.0 Å². The topological polar surface area (TPSA) is 34.9 Å². The molecular formula is C10H11F3N2O. The number of ketones is 1. The number of hydrogen-bond donors (Lipinski definition) is 0. The lowest BCUT2D eigenvalue weighted by atomic mass is 10.2. The largest absolute Gasteiger partial charge is 0.392 e. The van der Waals surface area contributed by atoms with Crippen LogP contribution in [0.3, 0.4) is 0 Å². The summed E-state index contributed by atoms with van der Waals surface area (Å²) in [4.78, 5) is 11.3. The standard InChI is InChI=1S/C10H11F3N2O/c1-2-15-7-5-8(14-15)9(16)4-3-6-10(11,12)13/h3-5,7H,2,6H2,1H3/b4-3+. The quantitative estimate of drug-likeness (QED) is 0.590. The molecule has 0 aromatic carbocycles. The fourth-order valence-electron chi connectivity index (χ4n) is 1.05. The Kier molecular flexibility index (Phi) is 3.87. The van der Waals surface area contributed by atoms with Crippen LogP contribution in [-0.4, -0.2) is 21.7 Å². The normalized spacial score (nSPS) is 12.2. The molecule has 0 aliphatic heterocycles. The molecule has 16 heavy (non-hydrogen) atoms. The zero-order valence-electron chi connectivity index (χ0n) is 8.66. The second-order valence-corrected chi connectivity index (χ2v) is 3.14. The molecule has 0 saturated carbocycles. The van der Waals surface area contributed by atoms with Gasteiger partial charge in [0.25, 0.3) is 0 Å². The fraction of sp³-hybridized carbons (Fsp3) is 0.400. The summed E-state index contributed by atoms with van der Waals surface area (Å²) >= 11 is 0. The number of hydrogen-bond acceptors (Lipinski definition) is 2. The van der Waals surface area contributed by atoms with Gasteiger partial charge in [-0.1, -0.05) is 6.08 Å². The highest BCUT2D eigenvalue weighted by molar-refractivity contribution is 6.02. The molecule has 0 N–H and O–H groups in total. The number of nitrogens with zero attached hydrogens (tertiary/aromatic N) is 2. The summed E-state index contributed by atoms with van der Waals surface area (Å²) in [7, 11) is 0. The second-order valence-electron chi connectivity index (χ2n) is 3.14. The van der Waals surface area contributed by atoms with Crippen LogP contribution < -0.4 is 0 Å².